The van der Waals surface area contributed by atoms with Gasteiger partial charge in [-0.2, -0.15) is 0 Å². The second kappa shape index (κ2) is 5.63. The Hall–Kier alpha value is -0.900. The lowest BCUT2D eigenvalue weighted by Gasteiger charge is -2.05. The van der Waals surface area contributed by atoms with E-state index in [0.717, 1.165) is 16.2 Å². The Balaban J connectivity index is 2.08. The Morgan fingerprint density at radius 3 is 2.71 bits per heavy atom. The average Bonchev–Trinajstić information content (AvgIpc) is 2.32. The highest BCUT2D eigenvalue weighted by atomic mass is 35.5. The Labute approximate surface area is 114 Å². The van der Waals surface area contributed by atoms with Gasteiger partial charge in [-0.25, -0.2) is 0 Å². The molecule has 5 heteroatoms. The van der Waals surface area contributed by atoms with Crippen molar-refractivity contribution >= 4 is 40.7 Å². The zero-order valence-corrected chi connectivity index (χ0v) is 11.2. The predicted molar refractivity (Wildman–Crippen MR) is 74.7 cm³/mol. The minimum atomic E-state index is 0.579. The van der Waals surface area contributed by atoms with Gasteiger partial charge in [0.05, 0.1) is 15.7 Å². The first-order chi connectivity index (χ1) is 8.16. The molecular formula is C12H10Cl2N2S. The third-order valence-electron chi connectivity index (χ3n) is 2.22. The van der Waals surface area contributed by atoms with E-state index in [1.165, 1.54) is 0 Å². The van der Waals surface area contributed by atoms with Crippen molar-refractivity contribution in [1.29, 1.82) is 0 Å². The zero-order chi connectivity index (χ0) is 12.3. The van der Waals surface area contributed by atoms with Crippen LogP contribution in [0.5, 0.6) is 0 Å². The van der Waals surface area contributed by atoms with Gasteiger partial charge in [-0.1, -0.05) is 23.2 Å². The summed E-state index contributed by atoms with van der Waals surface area (Å²) >= 11 is 13.6. The molecule has 0 bridgehead atoms. The van der Waals surface area contributed by atoms with Crippen LogP contribution < -0.4 is 5.73 Å². The summed E-state index contributed by atoms with van der Waals surface area (Å²) < 4.78 is 0. The molecule has 0 saturated heterocycles. The number of nitrogen functional groups attached to an aromatic ring is 1. The minimum Gasteiger partial charge on any atom is -0.398 e. The molecule has 0 amide bonds. The molecule has 0 aliphatic carbocycles. The predicted octanol–water partition coefficient (Wildman–Crippen LogP) is 4.26. The van der Waals surface area contributed by atoms with Gasteiger partial charge in [0.2, 0.25) is 0 Å². The summed E-state index contributed by atoms with van der Waals surface area (Å²) in [5, 5.41) is 1.26. The molecule has 0 radical (unpaired) electrons. The number of rotatable bonds is 3. The molecule has 0 saturated carbocycles. The highest BCUT2D eigenvalue weighted by Crippen LogP contribution is 2.30. The molecule has 0 aliphatic rings. The molecule has 0 unspecified atom stereocenters. The number of pyridine rings is 1. The molecule has 0 fully saturated rings. The van der Waals surface area contributed by atoms with Crippen molar-refractivity contribution < 1.29 is 0 Å². The molecule has 2 rings (SSSR count). The first-order valence-corrected chi connectivity index (χ1v) is 6.67. The summed E-state index contributed by atoms with van der Waals surface area (Å²) in [5.41, 5.74) is 7.30. The maximum Gasteiger partial charge on any atom is 0.0646 e. The van der Waals surface area contributed by atoms with Gasteiger partial charge < -0.3 is 5.73 Å². The van der Waals surface area contributed by atoms with E-state index in [9.17, 15) is 0 Å². The van der Waals surface area contributed by atoms with Crippen molar-refractivity contribution in [1.82, 2.24) is 4.98 Å². The van der Waals surface area contributed by atoms with Crippen molar-refractivity contribution in [3.63, 3.8) is 0 Å². The molecule has 2 aromatic rings. The number of anilines is 1. The monoisotopic (exact) mass is 284 g/mol. The molecule has 0 spiro atoms. The highest BCUT2D eigenvalue weighted by molar-refractivity contribution is 7.98. The smallest absolute Gasteiger partial charge is 0.0646 e. The number of benzene rings is 1. The summed E-state index contributed by atoms with van der Waals surface area (Å²) in [6.07, 6.45) is 3.38. The van der Waals surface area contributed by atoms with Crippen LogP contribution in [0.25, 0.3) is 0 Å². The normalized spacial score (nSPS) is 10.5. The van der Waals surface area contributed by atoms with Crippen molar-refractivity contribution in [3.8, 4) is 0 Å². The summed E-state index contributed by atoms with van der Waals surface area (Å²) in [6.45, 7) is 0. The fourth-order valence-electron chi connectivity index (χ4n) is 1.28. The topological polar surface area (TPSA) is 38.9 Å². The first kappa shape index (κ1) is 12.6. The van der Waals surface area contributed by atoms with Gasteiger partial charge in [-0.15, -0.1) is 11.8 Å². The Morgan fingerprint density at radius 1 is 1.18 bits per heavy atom. The van der Waals surface area contributed by atoms with Crippen LogP contribution in [0.2, 0.25) is 10.0 Å². The van der Waals surface area contributed by atoms with Gasteiger partial charge in [0.25, 0.3) is 0 Å². The highest BCUT2D eigenvalue weighted by Gasteiger charge is 2.03. The van der Waals surface area contributed by atoms with E-state index in [0.29, 0.717) is 15.7 Å². The number of hydrogen-bond donors (Lipinski definition) is 1. The molecule has 17 heavy (non-hydrogen) atoms. The maximum absolute atomic E-state index is 6.03. The van der Waals surface area contributed by atoms with E-state index >= 15 is 0 Å². The third kappa shape index (κ3) is 3.28. The van der Waals surface area contributed by atoms with Gasteiger partial charge in [0, 0.05) is 23.0 Å². The number of aromatic nitrogens is 1. The van der Waals surface area contributed by atoms with Gasteiger partial charge in [-0.05, 0) is 29.8 Å². The fraction of sp³-hybridized carbons (Fsp3) is 0.0833. The largest absolute Gasteiger partial charge is 0.398 e. The van der Waals surface area contributed by atoms with Crippen LogP contribution in [-0.2, 0) is 5.75 Å². The lowest BCUT2D eigenvalue weighted by atomic mass is 10.3. The van der Waals surface area contributed by atoms with E-state index in [1.54, 1.807) is 30.2 Å². The lowest BCUT2D eigenvalue weighted by Crippen LogP contribution is -1.87. The van der Waals surface area contributed by atoms with Crippen LogP contribution in [0.4, 0.5) is 5.69 Å². The molecular weight excluding hydrogens is 275 g/mol. The summed E-state index contributed by atoms with van der Waals surface area (Å²) in [5.74, 6) is 0.779. The zero-order valence-electron chi connectivity index (χ0n) is 8.86. The standard InChI is InChI=1S/C12H10Cl2N2S/c13-10-5-9(1-2-12(10)15)17-7-8-3-4-16-6-11(8)14/h1-6H,7,15H2. The van der Waals surface area contributed by atoms with Crippen molar-refractivity contribution in [3.05, 3.63) is 52.3 Å². The Kier molecular flexibility index (Phi) is 4.15. The van der Waals surface area contributed by atoms with Crippen LogP contribution in [-0.4, -0.2) is 4.98 Å². The number of nitrogens with two attached hydrogens (primary N) is 1. The molecule has 0 atom stereocenters. The van der Waals surface area contributed by atoms with Crippen LogP contribution in [0.15, 0.2) is 41.6 Å². The van der Waals surface area contributed by atoms with Gasteiger partial charge in [-0.3, -0.25) is 4.98 Å². The average molecular weight is 285 g/mol. The molecule has 1 heterocycles. The van der Waals surface area contributed by atoms with Gasteiger partial charge in [0.15, 0.2) is 0 Å². The maximum atomic E-state index is 6.03. The fourth-order valence-corrected chi connectivity index (χ4v) is 2.73. The Morgan fingerprint density at radius 2 is 2.00 bits per heavy atom. The molecule has 2 nitrogen and oxygen atoms in total. The molecule has 1 aromatic heterocycles. The van der Waals surface area contributed by atoms with Crippen LogP contribution in [0.1, 0.15) is 5.56 Å². The van der Waals surface area contributed by atoms with Crippen LogP contribution in [0, 0.1) is 0 Å². The van der Waals surface area contributed by atoms with E-state index < -0.39 is 0 Å². The number of nitrogens with zero attached hydrogens (tertiary/aromatic N) is 1. The van der Waals surface area contributed by atoms with E-state index in [1.807, 2.05) is 18.2 Å². The molecule has 2 N–H and O–H groups in total. The molecule has 0 aliphatic heterocycles. The summed E-state index contributed by atoms with van der Waals surface area (Å²) in [7, 11) is 0. The van der Waals surface area contributed by atoms with Gasteiger partial charge in [0.1, 0.15) is 0 Å². The van der Waals surface area contributed by atoms with Crippen LogP contribution in [0.3, 0.4) is 0 Å². The van der Waals surface area contributed by atoms with Crippen molar-refractivity contribution in [2.24, 2.45) is 0 Å². The van der Waals surface area contributed by atoms with E-state index in [2.05, 4.69) is 4.98 Å². The van der Waals surface area contributed by atoms with Crippen LogP contribution >= 0.6 is 35.0 Å². The van der Waals surface area contributed by atoms with E-state index in [4.69, 9.17) is 28.9 Å². The number of thioether (sulfide) groups is 1. The number of hydrogen-bond acceptors (Lipinski definition) is 3. The van der Waals surface area contributed by atoms with Crippen molar-refractivity contribution in [2.45, 2.75) is 10.6 Å². The number of halogens is 2. The second-order valence-corrected chi connectivity index (χ2v) is 5.30. The second-order valence-electron chi connectivity index (χ2n) is 3.44. The SMILES string of the molecule is Nc1ccc(SCc2ccncc2Cl)cc1Cl. The summed E-state index contributed by atoms with van der Waals surface area (Å²) in [4.78, 5) is 5.01. The third-order valence-corrected chi connectivity index (χ3v) is 3.93. The minimum absolute atomic E-state index is 0.579. The molecule has 88 valence electrons. The van der Waals surface area contributed by atoms with Gasteiger partial charge >= 0.3 is 0 Å². The molecule has 1 aromatic carbocycles. The van der Waals surface area contributed by atoms with E-state index in [-0.39, 0.29) is 0 Å². The summed E-state index contributed by atoms with van der Waals surface area (Å²) in [6, 6.07) is 7.52. The Bertz CT molecular complexity index is 532. The quantitative estimate of drug-likeness (QED) is 0.676. The van der Waals surface area contributed by atoms with Crippen molar-refractivity contribution in [2.75, 3.05) is 5.73 Å². The lowest BCUT2D eigenvalue weighted by molar-refractivity contribution is 1.27. The first-order valence-electron chi connectivity index (χ1n) is 4.93.